The van der Waals surface area contributed by atoms with Crippen molar-refractivity contribution in [3.05, 3.63) is 34.9 Å². The van der Waals surface area contributed by atoms with Crippen molar-refractivity contribution in [3.63, 3.8) is 0 Å². The molecule has 8 nitrogen and oxygen atoms in total. The monoisotopic (exact) mass is 422 g/mol. The smallest absolute Gasteiger partial charge is 0.262 e. The molecule has 1 saturated carbocycles. The van der Waals surface area contributed by atoms with E-state index < -0.39 is 23.8 Å². The molecule has 5 heterocycles. The minimum Gasteiger partial charge on any atom is -0.316 e. The highest BCUT2D eigenvalue weighted by Crippen LogP contribution is 2.45. The minimum absolute atomic E-state index is 0.129. The molecule has 4 amide bonds. The lowest BCUT2D eigenvalue weighted by molar-refractivity contribution is -0.136. The lowest BCUT2D eigenvalue weighted by Gasteiger charge is -2.52. The molecule has 0 aromatic heterocycles. The Labute approximate surface area is 180 Å². The van der Waals surface area contributed by atoms with E-state index in [1.54, 1.807) is 6.07 Å². The maximum Gasteiger partial charge on any atom is 0.262 e. The molecule has 5 atom stereocenters. The molecular weight excluding hydrogens is 396 g/mol. The molecule has 5 aliphatic heterocycles. The van der Waals surface area contributed by atoms with E-state index in [9.17, 15) is 19.2 Å². The molecule has 0 radical (unpaired) electrons. The second-order valence-corrected chi connectivity index (χ2v) is 9.65. The van der Waals surface area contributed by atoms with Crippen molar-refractivity contribution in [2.75, 3.05) is 19.6 Å². The van der Waals surface area contributed by atoms with E-state index >= 15 is 0 Å². The minimum atomic E-state index is -0.918. The molecule has 4 saturated heterocycles. The van der Waals surface area contributed by atoms with Crippen molar-refractivity contribution >= 4 is 23.6 Å². The van der Waals surface area contributed by atoms with Gasteiger partial charge in [-0.25, -0.2) is 0 Å². The number of rotatable bonds is 3. The van der Waals surface area contributed by atoms with Gasteiger partial charge in [-0.05, 0) is 67.8 Å². The molecule has 1 aromatic rings. The Morgan fingerprint density at radius 2 is 1.74 bits per heavy atom. The molecule has 1 aliphatic carbocycles. The SMILES string of the molecule is O=C1CCC(N2C(=O)c3ccc(CN4CC5CCC4C4CNCC54)cc3C2=O)C(=O)N1. The van der Waals surface area contributed by atoms with Gasteiger partial charge in [-0.2, -0.15) is 0 Å². The fourth-order valence-electron chi connectivity index (χ4n) is 6.62. The summed E-state index contributed by atoms with van der Waals surface area (Å²) in [6.07, 6.45) is 2.85. The maximum absolute atomic E-state index is 13.1. The normalized spacial score (nSPS) is 34.8. The third kappa shape index (κ3) is 2.88. The first-order chi connectivity index (χ1) is 15.0. The van der Waals surface area contributed by atoms with Crippen molar-refractivity contribution < 1.29 is 19.2 Å². The summed E-state index contributed by atoms with van der Waals surface area (Å²) in [6, 6.07) is 5.14. The van der Waals surface area contributed by atoms with Gasteiger partial charge in [0.15, 0.2) is 0 Å². The second kappa shape index (κ2) is 6.97. The lowest BCUT2D eigenvalue weighted by Crippen LogP contribution is -2.56. The summed E-state index contributed by atoms with van der Waals surface area (Å²) in [5.74, 6) is 0.440. The number of nitrogens with one attached hydrogen (secondary N) is 2. The van der Waals surface area contributed by atoms with Gasteiger partial charge < -0.3 is 5.32 Å². The Hall–Kier alpha value is -2.58. The van der Waals surface area contributed by atoms with Gasteiger partial charge in [0.05, 0.1) is 11.1 Å². The number of piperidine rings is 3. The highest BCUT2D eigenvalue weighted by molar-refractivity contribution is 6.23. The predicted molar refractivity (Wildman–Crippen MR) is 110 cm³/mol. The van der Waals surface area contributed by atoms with Gasteiger partial charge in [0.2, 0.25) is 11.8 Å². The van der Waals surface area contributed by atoms with Gasteiger partial charge in [-0.15, -0.1) is 0 Å². The summed E-state index contributed by atoms with van der Waals surface area (Å²) < 4.78 is 0. The Morgan fingerprint density at radius 3 is 2.58 bits per heavy atom. The van der Waals surface area contributed by atoms with E-state index in [4.69, 9.17) is 0 Å². The molecule has 31 heavy (non-hydrogen) atoms. The van der Waals surface area contributed by atoms with Crippen LogP contribution in [0, 0.1) is 17.8 Å². The molecule has 8 heteroatoms. The summed E-state index contributed by atoms with van der Waals surface area (Å²) in [4.78, 5) is 53.2. The van der Waals surface area contributed by atoms with Gasteiger partial charge >= 0.3 is 0 Å². The van der Waals surface area contributed by atoms with Gasteiger partial charge in [0.25, 0.3) is 11.8 Å². The van der Waals surface area contributed by atoms with E-state index in [0.29, 0.717) is 23.1 Å². The van der Waals surface area contributed by atoms with Crippen LogP contribution < -0.4 is 10.6 Å². The third-order valence-electron chi connectivity index (χ3n) is 8.07. The van der Waals surface area contributed by atoms with Gasteiger partial charge in [-0.3, -0.25) is 34.3 Å². The van der Waals surface area contributed by atoms with Crippen molar-refractivity contribution in [1.82, 2.24) is 20.4 Å². The fraction of sp³-hybridized carbons (Fsp3) is 0.565. The van der Waals surface area contributed by atoms with Crippen molar-refractivity contribution in [3.8, 4) is 0 Å². The van der Waals surface area contributed by atoms with Crippen molar-refractivity contribution in [1.29, 1.82) is 0 Å². The van der Waals surface area contributed by atoms with E-state index in [0.717, 1.165) is 48.5 Å². The number of amides is 4. The first kappa shape index (κ1) is 19.1. The molecule has 6 aliphatic rings. The molecule has 0 spiro atoms. The molecule has 5 fully saturated rings. The number of hydrogen-bond acceptors (Lipinski definition) is 6. The summed E-state index contributed by atoms with van der Waals surface area (Å²) in [5, 5.41) is 5.81. The highest BCUT2D eigenvalue weighted by atomic mass is 16.2. The van der Waals surface area contributed by atoms with Crippen LogP contribution in [0.3, 0.4) is 0 Å². The van der Waals surface area contributed by atoms with Crippen LogP contribution in [0.5, 0.6) is 0 Å². The van der Waals surface area contributed by atoms with E-state index in [1.807, 2.05) is 12.1 Å². The van der Waals surface area contributed by atoms with Gasteiger partial charge in [-0.1, -0.05) is 6.07 Å². The standard InChI is InChI=1S/C23H26N4O4/c28-20-6-5-19(21(29)25-20)27-22(30)14-3-1-12(7-15(14)23(27)31)10-26-11-13-2-4-18(26)17-9-24-8-16(13)17/h1,3,7,13,16-19,24H,2,4-6,8-11H2,(H,25,28,29). The van der Waals surface area contributed by atoms with E-state index in [-0.39, 0.29) is 18.7 Å². The predicted octanol–water partition coefficient (Wildman–Crippen LogP) is 0.518. The second-order valence-electron chi connectivity index (χ2n) is 9.65. The molecule has 2 N–H and O–H groups in total. The van der Waals surface area contributed by atoms with Crippen molar-refractivity contribution in [2.24, 2.45) is 17.8 Å². The zero-order valence-corrected chi connectivity index (χ0v) is 17.3. The van der Waals surface area contributed by atoms with Crippen LogP contribution in [0.1, 0.15) is 52.0 Å². The summed E-state index contributed by atoms with van der Waals surface area (Å²) in [6.45, 7) is 4.11. The largest absolute Gasteiger partial charge is 0.316 e. The van der Waals surface area contributed by atoms with Crippen LogP contribution in [0.15, 0.2) is 18.2 Å². The number of imide groups is 2. The van der Waals surface area contributed by atoms with Crippen molar-refractivity contribution in [2.45, 2.75) is 44.3 Å². The maximum atomic E-state index is 13.1. The summed E-state index contributed by atoms with van der Waals surface area (Å²) >= 11 is 0. The molecule has 7 rings (SSSR count). The van der Waals surface area contributed by atoms with Crippen LogP contribution in [-0.2, 0) is 16.1 Å². The summed E-state index contributed by atoms with van der Waals surface area (Å²) in [7, 11) is 0. The molecule has 5 unspecified atom stereocenters. The van der Waals surface area contributed by atoms with Gasteiger partial charge in [0.1, 0.15) is 6.04 Å². The van der Waals surface area contributed by atoms with Crippen LogP contribution >= 0.6 is 0 Å². The fourth-order valence-corrected chi connectivity index (χ4v) is 6.62. The highest BCUT2D eigenvalue weighted by Gasteiger charge is 2.49. The number of benzene rings is 1. The van der Waals surface area contributed by atoms with Crippen LogP contribution in [0.4, 0.5) is 0 Å². The number of carbonyl (C=O) groups excluding carboxylic acids is 4. The van der Waals surface area contributed by atoms with Gasteiger partial charge in [0, 0.05) is 25.6 Å². The average Bonchev–Trinajstić information content (AvgIpc) is 3.35. The Bertz CT molecular complexity index is 1010. The molecule has 162 valence electrons. The van der Waals surface area contributed by atoms with Crippen LogP contribution in [-0.4, -0.2) is 65.1 Å². The third-order valence-corrected chi connectivity index (χ3v) is 8.07. The zero-order chi connectivity index (χ0) is 21.3. The lowest BCUT2D eigenvalue weighted by atomic mass is 9.66. The molecular formula is C23H26N4O4. The first-order valence-electron chi connectivity index (χ1n) is 11.3. The van der Waals surface area contributed by atoms with E-state index in [1.165, 1.54) is 12.8 Å². The molecule has 1 aromatic carbocycles. The number of nitrogens with zero attached hydrogens (tertiary/aromatic N) is 2. The quantitative estimate of drug-likeness (QED) is 0.689. The van der Waals surface area contributed by atoms with Crippen LogP contribution in [0.25, 0.3) is 0 Å². The number of fused-ring (bicyclic) bond motifs is 3. The number of hydrogen-bond donors (Lipinski definition) is 2. The summed E-state index contributed by atoms with van der Waals surface area (Å²) in [5.41, 5.74) is 1.74. The zero-order valence-electron chi connectivity index (χ0n) is 17.3. The van der Waals surface area contributed by atoms with E-state index in [2.05, 4.69) is 15.5 Å². The number of carbonyl (C=O) groups is 4. The Morgan fingerprint density at radius 1 is 0.935 bits per heavy atom. The average molecular weight is 422 g/mol. The first-order valence-corrected chi connectivity index (χ1v) is 11.3. The van der Waals surface area contributed by atoms with Crippen LogP contribution in [0.2, 0.25) is 0 Å². The Kier molecular flexibility index (Phi) is 4.30. The molecule has 2 bridgehead atoms. The topological polar surface area (TPSA) is 98.8 Å². The Balaban J connectivity index is 1.23.